The van der Waals surface area contributed by atoms with Crippen LogP contribution in [0.1, 0.15) is 20.3 Å². The largest absolute Gasteiger partial charge is 0.329 e. The third kappa shape index (κ3) is 2.55. The molecule has 2 N–H and O–H groups in total. The number of halogens is 1. The first-order valence-corrected chi connectivity index (χ1v) is 7.17. The van der Waals surface area contributed by atoms with Gasteiger partial charge < -0.3 is 5.73 Å². The monoisotopic (exact) mass is 274 g/mol. The Kier molecular flexibility index (Phi) is 4.47. The molecule has 0 amide bonds. The van der Waals surface area contributed by atoms with Crippen LogP contribution in [-0.4, -0.2) is 31.9 Å². The lowest BCUT2D eigenvalue weighted by atomic mass is 10.00. The molecule has 0 radical (unpaired) electrons. The van der Waals surface area contributed by atoms with E-state index in [1.165, 1.54) is 25.2 Å². The van der Waals surface area contributed by atoms with Gasteiger partial charge in [0.05, 0.1) is 0 Å². The van der Waals surface area contributed by atoms with Gasteiger partial charge in [-0.05, 0) is 25.5 Å². The topological polar surface area (TPSA) is 63.4 Å². The Bertz CT molecular complexity index is 513. The van der Waals surface area contributed by atoms with Crippen LogP contribution in [0, 0.1) is 5.82 Å². The van der Waals surface area contributed by atoms with Crippen molar-refractivity contribution in [2.24, 2.45) is 5.73 Å². The van der Waals surface area contributed by atoms with E-state index in [2.05, 4.69) is 0 Å². The summed E-state index contributed by atoms with van der Waals surface area (Å²) in [6.07, 6.45) is 0.549. The average Bonchev–Trinajstić information content (AvgIpc) is 2.37. The van der Waals surface area contributed by atoms with Crippen molar-refractivity contribution < 1.29 is 12.8 Å². The maximum atomic E-state index is 13.6. The molecule has 6 heteroatoms. The van der Waals surface area contributed by atoms with Crippen molar-refractivity contribution in [1.82, 2.24) is 4.31 Å². The molecule has 1 rings (SSSR count). The van der Waals surface area contributed by atoms with Crippen molar-refractivity contribution >= 4 is 10.0 Å². The van der Waals surface area contributed by atoms with Crippen molar-refractivity contribution in [3.05, 3.63) is 30.1 Å². The molecule has 0 aliphatic heterocycles. The molecule has 0 spiro atoms. The average molecular weight is 274 g/mol. The lowest BCUT2D eigenvalue weighted by Crippen LogP contribution is -2.51. The van der Waals surface area contributed by atoms with E-state index < -0.39 is 21.4 Å². The molecule has 1 aromatic rings. The molecule has 0 saturated carbocycles. The Labute approximate surface area is 108 Å². The van der Waals surface area contributed by atoms with Crippen molar-refractivity contribution in [2.45, 2.75) is 30.7 Å². The van der Waals surface area contributed by atoms with Crippen LogP contribution in [0.5, 0.6) is 0 Å². The lowest BCUT2D eigenvalue weighted by Gasteiger charge is -2.36. The van der Waals surface area contributed by atoms with E-state index in [9.17, 15) is 12.8 Å². The van der Waals surface area contributed by atoms with Gasteiger partial charge >= 0.3 is 0 Å². The predicted molar refractivity (Wildman–Crippen MR) is 69.1 cm³/mol. The minimum Gasteiger partial charge on any atom is -0.329 e. The van der Waals surface area contributed by atoms with E-state index in [-0.39, 0.29) is 11.4 Å². The van der Waals surface area contributed by atoms with Crippen LogP contribution >= 0.6 is 0 Å². The summed E-state index contributed by atoms with van der Waals surface area (Å²) < 4.78 is 39.5. The van der Waals surface area contributed by atoms with Crippen LogP contribution < -0.4 is 5.73 Å². The van der Waals surface area contributed by atoms with Crippen LogP contribution in [0.2, 0.25) is 0 Å². The number of hydrogen-bond donors (Lipinski definition) is 1. The quantitative estimate of drug-likeness (QED) is 0.886. The Morgan fingerprint density at radius 1 is 1.39 bits per heavy atom. The first kappa shape index (κ1) is 15.1. The summed E-state index contributed by atoms with van der Waals surface area (Å²) in [7, 11) is -2.44. The first-order chi connectivity index (χ1) is 8.29. The van der Waals surface area contributed by atoms with Crippen LogP contribution in [0.4, 0.5) is 4.39 Å². The fraction of sp³-hybridized carbons (Fsp3) is 0.500. The van der Waals surface area contributed by atoms with Crippen LogP contribution in [0.25, 0.3) is 0 Å². The van der Waals surface area contributed by atoms with Crippen molar-refractivity contribution in [3.8, 4) is 0 Å². The molecule has 1 atom stereocenters. The third-order valence-electron chi connectivity index (χ3n) is 3.44. The maximum Gasteiger partial charge on any atom is 0.246 e. The molecule has 1 aromatic carbocycles. The highest BCUT2D eigenvalue weighted by Gasteiger charge is 2.36. The Balaban J connectivity index is 3.28. The van der Waals surface area contributed by atoms with E-state index in [0.717, 1.165) is 10.4 Å². The summed E-state index contributed by atoms with van der Waals surface area (Å²) in [5.41, 5.74) is 4.91. The molecule has 0 aromatic heterocycles. The second-order valence-electron chi connectivity index (χ2n) is 4.46. The number of sulfonamides is 1. The van der Waals surface area contributed by atoms with Crippen molar-refractivity contribution in [1.29, 1.82) is 0 Å². The zero-order chi connectivity index (χ0) is 14.0. The number of likely N-dealkylation sites (N-methyl/N-ethyl adjacent to an activating group) is 1. The number of rotatable bonds is 5. The summed E-state index contributed by atoms with van der Waals surface area (Å²) in [5, 5.41) is 0. The van der Waals surface area contributed by atoms with E-state index in [1.54, 1.807) is 6.92 Å². The molecule has 102 valence electrons. The van der Waals surface area contributed by atoms with E-state index in [1.807, 2.05) is 6.92 Å². The second kappa shape index (κ2) is 5.34. The van der Waals surface area contributed by atoms with Gasteiger partial charge in [-0.15, -0.1) is 0 Å². The zero-order valence-electron chi connectivity index (χ0n) is 10.9. The zero-order valence-corrected chi connectivity index (χ0v) is 11.7. The van der Waals surface area contributed by atoms with Gasteiger partial charge in [-0.3, -0.25) is 0 Å². The molecule has 0 bridgehead atoms. The van der Waals surface area contributed by atoms with E-state index in [4.69, 9.17) is 5.73 Å². The summed E-state index contributed by atoms with van der Waals surface area (Å²) >= 11 is 0. The highest BCUT2D eigenvalue weighted by Crippen LogP contribution is 2.26. The lowest BCUT2D eigenvalue weighted by molar-refractivity contribution is 0.239. The maximum absolute atomic E-state index is 13.6. The third-order valence-corrected chi connectivity index (χ3v) is 5.49. The Morgan fingerprint density at radius 3 is 2.39 bits per heavy atom. The van der Waals surface area contributed by atoms with Gasteiger partial charge in [-0.25, -0.2) is 12.8 Å². The molecule has 0 fully saturated rings. The van der Waals surface area contributed by atoms with Gasteiger partial charge in [-0.2, -0.15) is 4.31 Å². The minimum atomic E-state index is -3.87. The minimum absolute atomic E-state index is 0.174. The van der Waals surface area contributed by atoms with Gasteiger partial charge in [0.15, 0.2) is 0 Å². The highest BCUT2D eigenvalue weighted by atomic mass is 32.2. The van der Waals surface area contributed by atoms with Crippen LogP contribution in [0.15, 0.2) is 29.2 Å². The molecule has 0 heterocycles. The predicted octanol–water partition coefficient (Wildman–Crippen LogP) is 1.57. The highest BCUT2D eigenvalue weighted by molar-refractivity contribution is 7.89. The van der Waals surface area contributed by atoms with Crippen molar-refractivity contribution in [3.63, 3.8) is 0 Å². The summed E-state index contributed by atoms with van der Waals surface area (Å²) in [5.74, 6) is -0.750. The molecule has 0 aliphatic carbocycles. The van der Waals surface area contributed by atoms with Gasteiger partial charge in [0.1, 0.15) is 10.7 Å². The number of hydrogen-bond acceptors (Lipinski definition) is 3. The standard InChI is InChI=1S/C12H19FN2O2S/c1-4-12(2,9-14)15(3)18(16,17)11-8-6-5-7-10(11)13/h5-8H,4,9,14H2,1-3H3. The fourth-order valence-corrected chi connectivity index (χ4v) is 3.23. The normalized spacial score (nSPS) is 15.7. The van der Waals surface area contributed by atoms with Gasteiger partial charge in [0, 0.05) is 19.1 Å². The van der Waals surface area contributed by atoms with E-state index >= 15 is 0 Å². The molecular weight excluding hydrogens is 255 g/mol. The first-order valence-electron chi connectivity index (χ1n) is 5.73. The van der Waals surface area contributed by atoms with E-state index in [0.29, 0.717) is 6.42 Å². The van der Waals surface area contributed by atoms with Crippen LogP contribution in [0.3, 0.4) is 0 Å². The Morgan fingerprint density at radius 2 is 1.94 bits per heavy atom. The molecule has 0 aliphatic rings. The summed E-state index contributed by atoms with van der Waals surface area (Å²) in [6.45, 7) is 3.76. The van der Waals surface area contributed by atoms with Gasteiger partial charge in [-0.1, -0.05) is 19.1 Å². The van der Waals surface area contributed by atoms with Crippen molar-refractivity contribution in [2.75, 3.05) is 13.6 Å². The molecule has 18 heavy (non-hydrogen) atoms. The number of nitrogens with zero attached hydrogens (tertiary/aromatic N) is 1. The molecule has 4 nitrogen and oxygen atoms in total. The smallest absolute Gasteiger partial charge is 0.246 e. The second-order valence-corrected chi connectivity index (χ2v) is 6.40. The summed E-state index contributed by atoms with van der Waals surface area (Å²) in [6, 6.07) is 5.34. The SMILES string of the molecule is CCC(C)(CN)N(C)S(=O)(=O)c1ccccc1F. The summed E-state index contributed by atoms with van der Waals surface area (Å²) in [4.78, 5) is -0.319. The molecule has 1 unspecified atom stereocenters. The number of benzene rings is 1. The number of nitrogens with two attached hydrogens (primary N) is 1. The fourth-order valence-electron chi connectivity index (χ4n) is 1.59. The van der Waals surface area contributed by atoms with Gasteiger partial charge in [0.25, 0.3) is 0 Å². The van der Waals surface area contributed by atoms with Crippen LogP contribution in [-0.2, 0) is 10.0 Å². The molecular formula is C12H19FN2O2S. The Hall–Kier alpha value is -0.980. The molecule has 0 saturated heterocycles. The van der Waals surface area contributed by atoms with Gasteiger partial charge in [0.2, 0.25) is 10.0 Å².